The Kier molecular flexibility index (Phi) is 6.32. The molecular weight excluding hydrogens is 450 g/mol. The Morgan fingerprint density at radius 3 is 2.52 bits per heavy atom. The SMILES string of the molecule is COc1ccc(CNC(=O)c2ccc3c(c2)C(=O)/C(=C\c2ccc(F)c(F)c2)S(=O)N3)cc1. The van der Waals surface area contributed by atoms with E-state index in [0.29, 0.717) is 11.4 Å². The largest absolute Gasteiger partial charge is 0.497 e. The van der Waals surface area contributed by atoms with E-state index in [0.717, 1.165) is 17.7 Å². The van der Waals surface area contributed by atoms with Crippen LogP contribution in [0.3, 0.4) is 0 Å². The molecule has 1 heterocycles. The monoisotopic (exact) mass is 468 g/mol. The van der Waals surface area contributed by atoms with E-state index in [9.17, 15) is 22.6 Å². The first kappa shape index (κ1) is 22.3. The molecule has 6 nitrogen and oxygen atoms in total. The molecule has 1 aliphatic rings. The number of nitrogens with one attached hydrogen (secondary N) is 2. The van der Waals surface area contributed by atoms with Gasteiger partial charge in [0.1, 0.15) is 10.7 Å². The highest BCUT2D eigenvalue weighted by atomic mass is 32.2. The zero-order valence-corrected chi connectivity index (χ0v) is 18.2. The summed E-state index contributed by atoms with van der Waals surface area (Å²) in [6.45, 7) is 0.275. The number of halogens is 2. The number of methoxy groups -OCH3 is 1. The number of allylic oxidation sites excluding steroid dienone is 1. The van der Waals surface area contributed by atoms with Gasteiger partial charge < -0.3 is 14.8 Å². The summed E-state index contributed by atoms with van der Waals surface area (Å²) in [4.78, 5) is 25.5. The molecule has 3 aromatic rings. The van der Waals surface area contributed by atoms with E-state index < -0.39 is 28.4 Å². The van der Waals surface area contributed by atoms with Crippen molar-refractivity contribution in [3.05, 3.63) is 99.5 Å². The standard InChI is InChI=1S/C24H18F2N2O4S/c1-32-17-6-2-14(3-7-17)13-27-24(30)16-5-9-21-18(12-16)23(29)22(33(31)28-21)11-15-4-8-19(25)20(26)10-15/h2-12,28H,13H2,1H3,(H,27,30)/b22-11+. The average molecular weight is 468 g/mol. The fourth-order valence-electron chi connectivity index (χ4n) is 3.23. The molecule has 3 aromatic carbocycles. The Balaban J connectivity index is 1.55. The third kappa shape index (κ3) is 4.83. The van der Waals surface area contributed by atoms with Crippen molar-refractivity contribution >= 4 is 34.4 Å². The molecule has 0 saturated heterocycles. The van der Waals surface area contributed by atoms with Crippen LogP contribution in [-0.2, 0) is 17.5 Å². The molecule has 0 spiro atoms. The van der Waals surface area contributed by atoms with Gasteiger partial charge in [0.2, 0.25) is 5.78 Å². The lowest BCUT2D eigenvalue weighted by atomic mass is 10.0. The first-order valence-electron chi connectivity index (χ1n) is 9.81. The summed E-state index contributed by atoms with van der Waals surface area (Å²) in [6, 6.07) is 14.7. The van der Waals surface area contributed by atoms with E-state index in [-0.39, 0.29) is 34.0 Å². The van der Waals surface area contributed by atoms with Gasteiger partial charge in [-0.1, -0.05) is 18.2 Å². The van der Waals surface area contributed by atoms with Gasteiger partial charge >= 0.3 is 0 Å². The second kappa shape index (κ2) is 9.33. The van der Waals surface area contributed by atoms with Crippen molar-refractivity contribution in [3.63, 3.8) is 0 Å². The molecular formula is C24H18F2N2O4S. The van der Waals surface area contributed by atoms with Gasteiger partial charge in [-0.2, -0.15) is 0 Å². The summed E-state index contributed by atoms with van der Waals surface area (Å²) in [6.07, 6.45) is 1.23. The lowest BCUT2D eigenvalue weighted by molar-refractivity contribution is 0.0951. The Labute approximate surface area is 190 Å². The Hall–Kier alpha value is -3.85. The molecule has 0 fully saturated rings. The predicted octanol–water partition coefficient (Wildman–Crippen LogP) is 4.22. The number of fused-ring (bicyclic) bond motifs is 1. The average Bonchev–Trinajstić information content (AvgIpc) is 2.82. The van der Waals surface area contributed by atoms with Crippen LogP contribution in [0.4, 0.5) is 14.5 Å². The summed E-state index contributed by atoms with van der Waals surface area (Å²) in [5.41, 5.74) is 1.77. The molecule has 1 atom stereocenters. The van der Waals surface area contributed by atoms with E-state index in [1.54, 1.807) is 19.2 Å². The topological polar surface area (TPSA) is 84.5 Å². The number of hydrogen-bond donors (Lipinski definition) is 2. The molecule has 33 heavy (non-hydrogen) atoms. The highest BCUT2D eigenvalue weighted by molar-refractivity contribution is 7.91. The first-order valence-corrected chi connectivity index (χ1v) is 11.0. The molecule has 1 unspecified atom stereocenters. The van der Waals surface area contributed by atoms with Crippen molar-refractivity contribution in [1.29, 1.82) is 0 Å². The molecule has 0 bridgehead atoms. The van der Waals surface area contributed by atoms with Gasteiger partial charge in [0.15, 0.2) is 22.6 Å². The third-order valence-corrected chi connectivity index (χ3v) is 6.11. The summed E-state index contributed by atoms with van der Waals surface area (Å²) in [5, 5.41) is 2.78. The van der Waals surface area contributed by atoms with Gasteiger partial charge in [0.25, 0.3) is 5.91 Å². The number of ether oxygens (including phenoxy) is 1. The molecule has 0 aromatic heterocycles. The van der Waals surface area contributed by atoms with E-state index in [2.05, 4.69) is 10.0 Å². The highest BCUT2D eigenvalue weighted by Crippen LogP contribution is 2.30. The molecule has 168 valence electrons. The fourth-order valence-corrected chi connectivity index (χ4v) is 4.24. The maximum absolute atomic E-state index is 13.5. The molecule has 4 rings (SSSR count). The highest BCUT2D eigenvalue weighted by Gasteiger charge is 2.28. The van der Waals surface area contributed by atoms with Crippen molar-refractivity contribution in [2.75, 3.05) is 11.8 Å². The molecule has 2 N–H and O–H groups in total. The zero-order chi connectivity index (χ0) is 23.5. The van der Waals surface area contributed by atoms with Crippen LogP contribution in [0.5, 0.6) is 5.75 Å². The van der Waals surface area contributed by atoms with Crippen LogP contribution >= 0.6 is 0 Å². The van der Waals surface area contributed by atoms with E-state index in [4.69, 9.17) is 4.74 Å². The van der Waals surface area contributed by atoms with E-state index >= 15 is 0 Å². The van der Waals surface area contributed by atoms with E-state index in [1.165, 1.54) is 30.3 Å². The van der Waals surface area contributed by atoms with Crippen LogP contribution in [-0.4, -0.2) is 23.0 Å². The summed E-state index contributed by atoms with van der Waals surface area (Å²) >= 11 is 0. The number of anilines is 1. The van der Waals surface area contributed by atoms with E-state index in [1.807, 2.05) is 12.1 Å². The van der Waals surface area contributed by atoms with Crippen LogP contribution in [0.15, 0.2) is 65.6 Å². The molecule has 1 amide bonds. The van der Waals surface area contributed by atoms with Crippen LogP contribution in [0.25, 0.3) is 6.08 Å². The number of amides is 1. The second-order valence-electron chi connectivity index (χ2n) is 7.17. The van der Waals surface area contributed by atoms with Crippen molar-refractivity contribution in [3.8, 4) is 5.75 Å². The lowest BCUT2D eigenvalue weighted by Gasteiger charge is -2.19. The smallest absolute Gasteiger partial charge is 0.251 e. The molecule has 0 aliphatic carbocycles. The Morgan fingerprint density at radius 2 is 1.82 bits per heavy atom. The number of carbonyl (C=O) groups excluding carboxylic acids is 2. The van der Waals surface area contributed by atoms with Crippen molar-refractivity contribution in [2.45, 2.75) is 6.54 Å². The van der Waals surface area contributed by atoms with Gasteiger partial charge in [-0.3, -0.25) is 9.59 Å². The minimum absolute atomic E-state index is 0.135. The molecule has 1 aliphatic heterocycles. The van der Waals surface area contributed by atoms with Crippen LogP contribution < -0.4 is 14.8 Å². The number of rotatable bonds is 5. The van der Waals surface area contributed by atoms with Crippen LogP contribution in [0, 0.1) is 11.6 Å². The number of benzene rings is 3. The number of Topliss-reactive ketones (excluding diaryl/α,β-unsaturated/α-hetero) is 1. The number of hydrogen-bond acceptors (Lipinski definition) is 4. The summed E-state index contributed by atoms with van der Waals surface area (Å²) in [7, 11) is -0.329. The maximum atomic E-state index is 13.5. The van der Waals surface area contributed by atoms with Gasteiger partial charge in [0, 0.05) is 17.7 Å². The van der Waals surface area contributed by atoms with Gasteiger partial charge in [-0.05, 0) is 59.7 Å². The number of ketones is 1. The van der Waals surface area contributed by atoms with Gasteiger partial charge in [-0.25, -0.2) is 13.0 Å². The minimum Gasteiger partial charge on any atom is -0.497 e. The van der Waals surface area contributed by atoms with Crippen molar-refractivity contribution in [1.82, 2.24) is 5.32 Å². The van der Waals surface area contributed by atoms with Gasteiger partial charge in [0.05, 0.1) is 12.8 Å². The third-order valence-electron chi connectivity index (χ3n) is 5.01. The second-order valence-corrected chi connectivity index (χ2v) is 8.35. The molecule has 0 radical (unpaired) electrons. The number of carbonyl (C=O) groups is 2. The van der Waals surface area contributed by atoms with Crippen molar-refractivity contribution in [2.24, 2.45) is 0 Å². The van der Waals surface area contributed by atoms with Crippen LogP contribution in [0.2, 0.25) is 0 Å². The normalized spacial score (nSPS) is 16.2. The zero-order valence-electron chi connectivity index (χ0n) is 17.4. The predicted molar refractivity (Wildman–Crippen MR) is 121 cm³/mol. The maximum Gasteiger partial charge on any atom is 0.251 e. The van der Waals surface area contributed by atoms with Crippen LogP contribution in [0.1, 0.15) is 31.8 Å². The van der Waals surface area contributed by atoms with Crippen molar-refractivity contribution < 1.29 is 27.3 Å². The fraction of sp³-hybridized carbons (Fsp3) is 0.0833. The quantitative estimate of drug-likeness (QED) is 0.550. The Bertz CT molecular complexity index is 1310. The first-order chi connectivity index (χ1) is 15.9. The lowest BCUT2D eigenvalue weighted by Crippen LogP contribution is -2.25. The Morgan fingerprint density at radius 1 is 1.06 bits per heavy atom. The minimum atomic E-state index is -1.90. The summed E-state index contributed by atoms with van der Waals surface area (Å²) < 4.78 is 47.0. The molecule has 9 heteroatoms. The van der Waals surface area contributed by atoms with Gasteiger partial charge in [-0.15, -0.1) is 0 Å². The molecule has 0 saturated carbocycles. The summed E-state index contributed by atoms with van der Waals surface area (Å²) in [5.74, 6) is -2.36.